The summed E-state index contributed by atoms with van der Waals surface area (Å²) in [4.78, 5) is 31.4. The standard InChI is InChI=1S/C21H20N6O2/c1-14(16-11-7-4-8-12-16)24-25-20-22-18-17(19(28)23-21(29)26(18)2)27(20)13-15-9-5-3-6-10-15/h3-12H,13H2,1-2H3,(H,22,25)(H,23,28,29)/b24-14-. The van der Waals surface area contributed by atoms with Gasteiger partial charge in [-0.05, 0) is 18.1 Å². The maximum Gasteiger partial charge on any atom is 0.329 e. The topological polar surface area (TPSA) is 97.1 Å². The number of aromatic nitrogens is 4. The zero-order chi connectivity index (χ0) is 20.4. The average Bonchev–Trinajstić information content (AvgIpc) is 3.10. The molecule has 0 unspecified atom stereocenters. The third kappa shape index (κ3) is 3.60. The summed E-state index contributed by atoms with van der Waals surface area (Å²) in [6.45, 7) is 2.29. The second-order valence-corrected chi connectivity index (χ2v) is 6.67. The van der Waals surface area contributed by atoms with E-state index in [9.17, 15) is 9.59 Å². The number of anilines is 1. The van der Waals surface area contributed by atoms with E-state index in [4.69, 9.17) is 0 Å². The smallest absolute Gasteiger partial charge is 0.298 e. The summed E-state index contributed by atoms with van der Waals surface area (Å²) >= 11 is 0. The van der Waals surface area contributed by atoms with Gasteiger partial charge in [-0.25, -0.2) is 10.2 Å². The van der Waals surface area contributed by atoms with Crippen LogP contribution >= 0.6 is 0 Å². The van der Waals surface area contributed by atoms with E-state index >= 15 is 0 Å². The number of hydrogen-bond acceptors (Lipinski definition) is 5. The van der Waals surface area contributed by atoms with Gasteiger partial charge in [0.1, 0.15) is 0 Å². The van der Waals surface area contributed by atoms with Gasteiger partial charge in [-0.3, -0.25) is 18.9 Å². The van der Waals surface area contributed by atoms with Crippen LogP contribution in [0, 0.1) is 0 Å². The molecule has 4 aromatic rings. The zero-order valence-electron chi connectivity index (χ0n) is 16.1. The first-order valence-electron chi connectivity index (χ1n) is 9.14. The Morgan fingerprint density at radius 2 is 1.72 bits per heavy atom. The Balaban J connectivity index is 1.83. The molecule has 0 saturated heterocycles. The summed E-state index contributed by atoms with van der Waals surface area (Å²) in [6, 6.07) is 19.5. The summed E-state index contributed by atoms with van der Waals surface area (Å²) in [5.41, 5.74) is 5.31. The molecule has 0 saturated carbocycles. The summed E-state index contributed by atoms with van der Waals surface area (Å²) in [5, 5.41) is 4.43. The molecule has 8 nitrogen and oxygen atoms in total. The predicted molar refractivity (Wildman–Crippen MR) is 113 cm³/mol. The van der Waals surface area contributed by atoms with Crippen LogP contribution in [0.3, 0.4) is 0 Å². The van der Waals surface area contributed by atoms with Crippen LogP contribution in [-0.4, -0.2) is 24.8 Å². The van der Waals surface area contributed by atoms with Crippen LogP contribution in [0.2, 0.25) is 0 Å². The lowest BCUT2D eigenvalue weighted by atomic mass is 10.1. The maximum atomic E-state index is 12.5. The molecule has 0 fully saturated rings. The van der Waals surface area contributed by atoms with Crippen LogP contribution in [0.1, 0.15) is 18.1 Å². The Kier molecular flexibility index (Phi) is 4.82. The number of nitrogens with zero attached hydrogens (tertiary/aromatic N) is 4. The molecule has 0 atom stereocenters. The van der Waals surface area contributed by atoms with Crippen molar-refractivity contribution in [3.05, 3.63) is 92.6 Å². The monoisotopic (exact) mass is 388 g/mol. The number of aromatic amines is 1. The lowest BCUT2D eigenvalue weighted by molar-refractivity contribution is 0.808. The van der Waals surface area contributed by atoms with Gasteiger partial charge < -0.3 is 0 Å². The largest absolute Gasteiger partial charge is 0.329 e. The van der Waals surface area contributed by atoms with Crippen molar-refractivity contribution < 1.29 is 0 Å². The average molecular weight is 388 g/mol. The fourth-order valence-electron chi connectivity index (χ4n) is 3.12. The molecule has 0 spiro atoms. The van der Waals surface area contributed by atoms with Crippen molar-refractivity contribution in [3.63, 3.8) is 0 Å². The molecule has 2 N–H and O–H groups in total. The van der Waals surface area contributed by atoms with E-state index in [-0.39, 0.29) is 0 Å². The molecule has 0 aliphatic carbocycles. The number of imidazole rings is 1. The molecule has 8 heteroatoms. The molecule has 0 bridgehead atoms. The molecule has 29 heavy (non-hydrogen) atoms. The highest BCUT2D eigenvalue weighted by molar-refractivity contribution is 5.99. The number of rotatable bonds is 5. The number of aryl methyl sites for hydroxylation is 1. The van der Waals surface area contributed by atoms with Crippen molar-refractivity contribution in [3.8, 4) is 0 Å². The maximum absolute atomic E-state index is 12.5. The minimum absolute atomic E-state index is 0.296. The minimum atomic E-state index is -0.512. The van der Waals surface area contributed by atoms with Crippen molar-refractivity contribution in [1.29, 1.82) is 0 Å². The van der Waals surface area contributed by atoms with E-state index in [0.717, 1.165) is 16.8 Å². The summed E-state index contributed by atoms with van der Waals surface area (Å²) in [7, 11) is 1.57. The lowest BCUT2D eigenvalue weighted by Gasteiger charge is -2.09. The Morgan fingerprint density at radius 1 is 1.07 bits per heavy atom. The quantitative estimate of drug-likeness (QED) is 0.405. The number of fused-ring (bicyclic) bond motifs is 1. The Morgan fingerprint density at radius 3 is 2.41 bits per heavy atom. The van der Waals surface area contributed by atoms with Gasteiger partial charge in [0.2, 0.25) is 5.95 Å². The normalized spacial score (nSPS) is 11.7. The molecule has 0 amide bonds. The molecule has 0 radical (unpaired) electrons. The van der Waals surface area contributed by atoms with Gasteiger partial charge in [0.25, 0.3) is 5.56 Å². The number of benzene rings is 2. The summed E-state index contributed by atoms with van der Waals surface area (Å²) in [6.07, 6.45) is 0. The van der Waals surface area contributed by atoms with E-state index in [1.807, 2.05) is 67.6 Å². The van der Waals surface area contributed by atoms with Gasteiger partial charge >= 0.3 is 5.69 Å². The molecule has 4 rings (SSSR count). The van der Waals surface area contributed by atoms with E-state index in [1.54, 1.807) is 11.6 Å². The van der Waals surface area contributed by atoms with Crippen molar-refractivity contribution in [2.45, 2.75) is 13.5 Å². The third-order valence-electron chi connectivity index (χ3n) is 4.71. The van der Waals surface area contributed by atoms with E-state index in [1.165, 1.54) is 4.57 Å². The van der Waals surface area contributed by atoms with Gasteiger partial charge in [0.15, 0.2) is 11.2 Å². The third-order valence-corrected chi connectivity index (χ3v) is 4.71. The van der Waals surface area contributed by atoms with Crippen molar-refractivity contribution in [2.75, 3.05) is 5.43 Å². The van der Waals surface area contributed by atoms with Gasteiger partial charge in [0.05, 0.1) is 12.3 Å². The molecule has 0 aliphatic rings. The summed E-state index contributed by atoms with van der Waals surface area (Å²) in [5.74, 6) is 0.380. The highest BCUT2D eigenvalue weighted by atomic mass is 16.2. The minimum Gasteiger partial charge on any atom is -0.298 e. The van der Waals surface area contributed by atoms with Crippen LogP contribution in [0.5, 0.6) is 0 Å². The molecule has 2 aromatic carbocycles. The van der Waals surface area contributed by atoms with Crippen LogP contribution in [0.25, 0.3) is 11.2 Å². The van der Waals surface area contributed by atoms with Crippen LogP contribution < -0.4 is 16.7 Å². The van der Waals surface area contributed by atoms with E-state index < -0.39 is 11.2 Å². The van der Waals surface area contributed by atoms with E-state index in [2.05, 4.69) is 20.5 Å². The van der Waals surface area contributed by atoms with Gasteiger partial charge in [0, 0.05) is 7.05 Å². The first-order chi connectivity index (χ1) is 14.0. The van der Waals surface area contributed by atoms with Crippen LogP contribution in [0.4, 0.5) is 5.95 Å². The molecular formula is C21H20N6O2. The van der Waals surface area contributed by atoms with Crippen LogP contribution in [0.15, 0.2) is 75.4 Å². The Hall–Kier alpha value is -3.94. The van der Waals surface area contributed by atoms with Gasteiger partial charge in [-0.15, -0.1) is 0 Å². The SMILES string of the molecule is C/C(=N/Nc1nc2c(c(=O)[nH]c(=O)n2C)n1Cc1ccccc1)c1ccccc1. The van der Waals surface area contributed by atoms with Gasteiger partial charge in [-0.1, -0.05) is 60.7 Å². The van der Waals surface area contributed by atoms with Crippen molar-refractivity contribution in [2.24, 2.45) is 12.1 Å². The number of nitrogens with one attached hydrogen (secondary N) is 2. The number of hydrogen-bond donors (Lipinski definition) is 2. The molecule has 2 aromatic heterocycles. The fraction of sp³-hybridized carbons (Fsp3) is 0.143. The molecule has 0 aliphatic heterocycles. The van der Waals surface area contributed by atoms with Gasteiger partial charge in [-0.2, -0.15) is 10.1 Å². The zero-order valence-corrected chi connectivity index (χ0v) is 16.1. The molecule has 2 heterocycles. The number of hydrazone groups is 1. The van der Waals surface area contributed by atoms with Crippen LogP contribution in [-0.2, 0) is 13.6 Å². The second kappa shape index (κ2) is 7.59. The highest BCUT2D eigenvalue weighted by Crippen LogP contribution is 2.18. The molecular weight excluding hydrogens is 368 g/mol. The van der Waals surface area contributed by atoms with Crippen molar-refractivity contribution >= 4 is 22.8 Å². The second-order valence-electron chi connectivity index (χ2n) is 6.67. The first-order valence-corrected chi connectivity index (χ1v) is 9.14. The van der Waals surface area contributed by atoms with E-state index in [0.29, 0.717) is 23.7 Å². The fourth-order valence-corrected chi connectivity index (χ4v) is 3.12. The Bertz CT molecular complexity index is 1300. The molecule has 146 valence electrons. The first kappa shape index (κ1) is 18.4. The predicted octanol–water partition coefficient (Wildman–Crippen LogP) is 2.31. The highest BCUT2D eigenvalue weighted by Gasteiger charge is 2.17. The lowest BCUT2D eigenvalue weighted by Crippen LogP contribution is -2.29. The summed E-state index contributed by atoms with van der Waals surface area (Å²) < 4.78 is 3.04. The van der Waals surface area contributed by atoms with Crippen molar-refractivity contribution in [1.82, 2.24) is 19.1 Å². The Labute approximate surface area is 166 Å². The number of H-pyrrole nitrogens is 1.